The number of rotatable bonds is 1. The quantitative estimate of drug-likeness (QED) is 0.604. The Bertz CT molecular complexity index is 1030. The minimum atomic E-state index is -0.380. The molecule has 3 nitrogen and oxygen atoms in total. The summed E-state index contributed by atoms with van der Waals surface area (Å²) in [5.41, 5.74) is 1.67. The Morgan fingerprint density at radius 1 is 1.04 bits per heavy atom. The second-order valence-corrected chi connectivity index (χ2v) is 6.81. The highest BCUT2D eigenvalue weighted by atomic mass is 35.5. The predicted octanol–water partition coefficient (Wildman–Crippen LogP) is 5.30. The van der Waals surface area contributed by atoms with Crippen molar-refractivity contribution in [3.8, 4) is 17.1 Å². The summed E-state index contributed by atoms with van der Waals surface area (Å²) in [6.45, 7) is 3.97. The smallest absolute Gasteiger partial charge is 0.193 e. The van der Waals surface area contributed by atoms with Crippen LogP contribution in [0.5, 0.6) is 5.75 Å². The van der Waals surface area contributed by atoms with Crippen molar-refractivity contribution in [2.24, 2.45) is 0 Å². The summed E-state index contributed by atoms with van der Waals surface area (Å²) in [6, 6.07) is 12.3. The molecule has 0 spiro atoms. The van der Waals surface area contributed by atoms with Gasteiger partial charge in [0.15, 0.2) is 5.43 Å². The maximum Gasteiger partial charge on any atom is 0.193 e. The lowest BCUT2D eigenvalue weighted by Gasteiger charge is -2.28. The van der Waals surface area contributed by atoms with Gasteiger partial charge in [0.1, 0.15) is 22.7 Å². The summed E-state index contributed by atoms with van der Waals surface area (Å²) in [4.78, 5) is 12.5. The van der Waals surface area contributed by atoms with E-state index in [1.807, 2.05) is 44.2 Å². The molecule has 2 heterocycles. The number of halogens is 1. The van der Waals surface area contributed by atoms with E-state index in [1.54, 1.807) is 18.2 Å². The van der Waals surface area contributed by atoms with Crippen molar-refractivity contribution in [2.45, 2.75) is 19.4 Å². The molecule has 0 atom stereocenters. The van der Waals surface area contributed by atoms with Gasteiger partial charge in [-0.1, -0.05) is 11.6 Å². The van der Waals surface area contributed by atoms with Crippen LogP contribution in [0, 0.1) is 0 Å². The lowest BCUT2D eigenvalue weighted by molar-refractivity contribution is 0.159. The van der Waals surface area contributed by atoms with Crippen molar-refractivity contribution in [1.82, 2.24) is 0 Å². The summed E-state index contributed by atoms with van der Waals surface area (Å²) in [5, 5.41) is 1.18. The Balaban J connectivity index is 1.97. The lowest BCUT2D eigenvalue weighted by Crippen LogP contribution is -2.27. The van der Waals surface area contributed by atoms with E-state index in [9.17, 15) is 4.79 Å². The first-order chi connectivity index (χ1) is 11.4. The van der Waals surface area contributed by atoms with Crippen molar-refractivity contribution in [3.05, 3.63) is 69.4 Å². The van der Waals surface area contributed by atoms with Gasteiger partial charge in [-0.05, 0) is 62.4 Å². The summed E-state index contributed by atoms with van der Waals surface area (Å²) in [7, 11) is 0. The standard InChI is InChI=1S/C20H15ClO3/c1-20(2)10-9-15-17(24-20)8-7-14-16(22)11-18(23-19(14)15)12-3-5-13(21)6-4-12/h3-11H,1-2H3. The molecular weight excluding hydrogens is 324 g/mol. The summed E-state index contributed by atoms with van der Waals surface area (Å²) < 4.78 is 12.0. The number of hydrogen-bond acceptors (Lipinski definition) is 3. The van der Waals surface area contributed by atoms with Crippen molar-refractivity contribution in [3.63, 3.8) is 0 Å². The van der Waals surface area contributed by atoms with Crippen LogP contribution in [0.4, 0.5) is 0 Å². The molecular formula is C20H15ClO3. The molecule has 0 radical (unpaired) electrons. The third-order valence-corrected chi connectivity index (χ3v) is 4.30. The van der Waals surface area contributed by atoms with Crippen LogP contribution in [-0.2, 0) is 0 Å². The predicted molar refractivity (Wildman–Crippen MR) is 96.7 cm³/mol. The van der Waals surface area contributed by atoms with Gasteiger partial charge in [0.2, 0.25) is 0 Å². The van der Waals surface area contributed by atoms with E-state index in [-0.39, 0.29) is 11.0 Å². The van der Waals surface area contributed by atoms with Crippen LogP contribution in [0.1, 0.15) is 19.4 Å². The lowest BCUT2D eigenvalue weighted by atomic mass is 10.0. The van der Waals surface area contributed by atoms with Gasteiger partial charge in [0.25, 0.3) is 0 Å². The van der Waals surface area contributed by atoms with Gasteiger partial charge in [-0.3, -0.25) is 4.79 Å². The highest BCUT2D eigenvalue weighted by molar-refractivity contribution is 6.30. The maximum atomic E-state index is 12.5. The third-order valence-electron chi connectivity index (χ3n) is 4.05. The molecule has 0 N–H and O–H groups in total. The van der Waals surface area contributed by atoms with Crippen molar-refractivity contribution < 1.29 is 9.15 Å². The molecule has 120 valence electrons. The Kier molecular flexibility index (Phi) is 3.29. The normalized spacial score (nSPS) is 15.1. The Morgan fingerprint density at radius 3 is 2.54 bits per heavy atom. The molecule has 0 amide bonds. The second kappa shape index (κ2) is 5.25. The van der Waals surface area contributed by atoms with Gasteiger partial charge in [-0.25, -0.2) is 0 Å². The minimum absolute atomic E-state index is 0.0813. The molecule has 24 heavy (non-hydrogen) atoms. The molecule has 0 saturated heterocycles. The summed E-state index contributed by atoms with van der Waals surface area (Å²) in [6.07, 6.45) is 3.92. The topological polar surface area (TPSA) is 39.4 Å². The van der Waals surface area contributed by atoms with E-state index in [4.69, 9.17) is 20.8 Å². The highest BCUT2D eigenvalue weighted by Gasteiger charge is 2.24. The first-order valence-corrected chi connectivity index (χ1v) is 8.06. The summed E-state index contributed by atoms with van der Waals surface area (Å²) in [5.74, 6) is 1.22. The molecule has 2 aromatic carbocycles. The van der Waals surface area contributed by atoms with Gasteiger partial charge in [0, 0.05) is 16.7 Å². The second-order valence-electron chi connectivity index (χ2n) is 6.37. The van der Waals surface area contributed by atoms with Crippen LogP contribution in [-0.4, -0.2) is 5.60 Å². The molecule has 0 unspecified atom stereocenters. The Labute approximate surface area is 144 Å². The number of fused-ring (bicyclic) bond motifs is 3. The average molecular weight is 339 g/mol. The van der Waals surface area contributed by atoms with E-state index in [1.165, 1.54) is 6.07 Å². The van der Waals surface area contributed by atoms with Crippen LogP contribution < -0.4 is 10.2 Å². The van der Waals surface area contributed by atoms with E-state index >= 15 is 0 Å². The fourth-order valence-corrected chi connectivity index (χ4v) is 2.95. The van der Waals surface area contributed by atoms with Crippen LogP contribution in [0.3, 0.4) is 0 Å². The molecule has 1 aliphatic rings. The molecule has 0 bridgehead atoms. The van der Waals surface area contributed by atoms with E-state index < -0.39 is 0 Å². The number of benzene rings is 2. The maximum absolute atomic E-state index is 12.5. The largest absolute Gasteiger partial charge is 0.483 e. The van der Waals surface area contributed by atoms with Crippen LogP contribution >= 0.6 is 11.6 Å². The first kappa shape index (κ1) is 15.0. The number of ether oxygens (including phenoxy) is 1. The van der Waals surface area contributed by atoms with Gasteiger partial charge < -0.3 is 9.15 Å². The summed E-state index contributed by atoms with van der Waals surface area (Å²) >= 11 is 5.93. The van der Waals surface area contributed by atoms with Crippen molar-refractivity contribution >= 4 is 28.6 Å². The third kappa shape index (κ3) is 2.51. The Morgan fingerprint density at radius 2 is 1.79 bits per heavy atom. The van der Waals surface area contributed by atoms with E-state index in [2.05, 4.69) is 0 Å². The zero-order valence-electron chi connectivity index (χ0n) is 13.3. The fourth-order valence-electron chi connectivity index (χ4n) is 2.83. The minimum Gasteiger partial charge on any atom is -0.483 e. The van der Waals surface area contributed by atoms with Gasteiger partial charge in [0.05, 0.1) is 10.9 Å². The molecule has 1 aromatic heterocycles. The van der Waals surface area contributed by atoms with Gasteiger partial charge in [-0.2, -0.15) is 0 Å². The highest BCUT2D eigenvalue weighted by Crippen LogP contribution is 2.36. The zero-order valence-corrected chi connectivity index (χ0v) is 14.1. The molecule has 1 aliphatic heterocycles. The Hall–Kier alpha value is -2.52. The zero-order chi connectivity index (χ0) is 16.9. The van der Waals surface area contributed by atoms with Crippen molar-refractivity contribution in [1.29, 1.82) is 0 Å². The molecule has 0 fully saturated rings. The number of hydrogen-bond donors (Lipinski definition) is 0. The molecule has 0 aliphatic carbocycles. The van der Waals surface area contributed by atoms with Crippen molar-refractivity contribution in [2.75, 3.05) is 0 Å². The molecule has 4 heteroatoms. The molecule has 3 aromatic rings. The fraction of sp³-hybridized carbons (Fsp3) is 0.150. The van der Waals surface area contributed by atoms with E-state index in [0.29, 0.717) is 27.5 Å². The first-order valence-electron chi connectivity index (χ1n) is 7.68. The van der Waals surface area contributed by atoms with Gasteiger partial charge in [-0.15, -0.1) is 0 Å². The average Bonchev–Trinajstić information content (AvgIpc) is 2.54. The van der Waals surface area contributed by atoms with Crippen LogP contribution in [0.2, 0.25) is 5.02 Å². The SMILES string of the molecule is CC1(C)C=Cc2c(ccc3c(=O)cc(-c4ccc(Cl)cc4)oc23)O1. The van der Waals surface area contributed by atoms with Crippen LogP contribution in [0.25, 0.3) is 28.4 Å². The van der Waals surface area contributed by atoms with E-state index in [0.717, 1.165) is 11.1 Å². The molecule has 0 saturated carbocycles. The molecule has 4 rings (SSSR count). The van der Waals surface area contributed by atoms with Gasteiger partial charge >= 0.3 is 0 Å². The van der Waals surface area contributed by atoms with Crippen LogP contribution in [0.15, 0.2) is 57.8 Å². The monoisotopic (exact) mass is 338 g/mol.